The van der Waals surface area contributed by atoms with Crippen LogP contribution in [0.2, 0.25) is 0 Å². The van der Waals surface area contributed by atoms with E-state index in [0.717, 1.165) is 35.6 Å². The zero-order valence-electron chi connectivity index (χ0n) is 12.9. The summed E-state index contributed by atoms with van der Waals surface area (Å²) in [5, 5.41) is 7.30. The molecule has 0 aliphatic carbocycles. The highest BCUT2D eigenvalue weighted by Gasteiger charge is 2.07. The van der Waals surface area contributed by atoms with Crippen LogP contribution in [-0.4, -0.2) is 23.4 Å². The van der Waals surface area contributed by atoms with Gasteiger partial charge in [0.25, 0.3) is 0 Å². The number of aryl methyl sites for hydroxylation is 1. The average Bonchev–Trinajstić information content (AvgIpc) is 2.90. The first-order valence-corrected chi connectivity index (χ1v) is 7.23. The van der Waals surface area contributed by atoms with E-state index in [1.807, 2.05) is 44.7 Å². The van der Waals surface area contributed by atoms with E-state index < -0.39 is 0 Å². The summed E-state index contributed by atoms with van der Waals surface area (Å²) in [5.41, 5.74) is 2.16. The molecule has 0 amide bonds. The molecule has 2 rings (SSSR count). The number of benzene rings is 1. The minimum absolute atomic E-state index is 0.502. The van der Waals surface area contributed by atoms with Gasteiger partial charge in [-0.05, 0) is 19.5 Å². The van der Waals surface area contributed by atoms with E-state index in [1.54, 1.807) is 4.68 Å². The molecular formula is C16H23N3O2. The molecule has 5 heteroatoms. The van der Waals surface area contributed by atoms with Crippen molar-refractivity contribution < 1.29 is 9.47 Å². The van der Waals surface area contributed by atoms with Gasteiger partial charge in [-0.1, -0.05) is 13.0 Å². The smallest absolute Gasteiger partial charge is 0.127 e. The van der Waals surface area contributed by atoms with Crippen LogP contribution in [0, 0.1) is 0 Å². The summed E-state index contributed by atoms with van der Waals surface area (Å²) in [4.78, 5) is 0. The lowest BCUT2D eigenvalue weighted by molar-refractivity contribution is 0.292. The molecule has 0 saturated heterocycles. The van der Waals surface area contributed by atoms with Crippen molar-refractivity contribution in [1.82, 2.24) is 15.1 Å². The lowest BCUT2D eigenvalue weighted by Crippen LogP contribution is -2.08. The van der Waals surface area contributed by atoms with Crippen molar-refractivity contribution in [3.05, 3.63) is 41.7 Å². The molecule has 0 aliphatic heterocycles. The van der Waals surface area contributed by atoms with Crippen LogP contribution in [0.4, 0.5) is 0 Å². The zero-order valence-corrected chi connectivity index (χ0v) is 12.9. The van der Waals surface area contributed by atoms with Crippen LogP contribution in [0.3, 0.4) is 0 Å². The van der Waals surface area contributed by atoms with Gasteiger partial charge in [0.15, 0.2) is 0 Å². The molecule has 2 aromatic rings. The molecule has 5 nitrogen and oxygen atoms in total. The molecule has 0 atom stereocenters. The molecule has 1 N–H and O–H groups in total. The fourth-order valence-corrected chi connectivity index (χ4v) is 2.02. The Balaban J connectivity index is 2.09. The summed E-state index contributed by atoms with van der Waals surface area (Å²) in [6, 6.07) is 5.98. The van der Waals surface area contributed by atoms with Crippen LogP contribution in [0.1, 0.15) is 24.5 Å². The predicted molar refractivity (Wildman–Crippen MR) is 82.5 cm³/mol. The Labute approximate surface area is 125 Å². The van der Waals surface area contributed by atoms with E-state index >= 15 is 0 Å². The fraction of sp³-hybridized carbons (Fsp3) is 0.438. The van der Waals surface area contributed by atoms with Crippen molar-refractivity contribution in [3.63, 3.8) is 0 Å². The van der Waals surface area contributed by atoms with Crippen molar-refractivity contribution >= 4 is 0 Å². The normalized spacial score (nSPS) is 10.6. The molecule has 0 unspecified atom stereocenters. The largest absolute Gasteiger partial charge is 0.493 e. The molecule has 114 valence electrons. The SMILES string of the molecule is CCCOc1ccc(CNC)c(OCc2cnn(C)c2)c1. The maximum atomic E-state index is 5.94. The number of hydrogen-bond donors (Lipinski definition) is 1. The lowest BCUT2D eigenvalue weighted by Gasteiger charge is -2.13. The number of rotatable bonds is 8. The van der Waals surface area contributed by atoms with Gasteiger partial charge in [-0.2, -0.15) is 5.10 Å². The summed E-state index contributed by atoms with van der Waals surface area (Å²) in [5.74, 6) is 1.69. The minimum atomic E-state index is 0.502. The highest BCUT2D eigenvalue weighted by Crippen LogP contribution is 2.26. The Bertz CT molecular complexity index is 566. The predicted octanol–water partition coefficient (Wildman–Crippen LogP) is 2.51. The molecule has 1 heterocycles. The van der Waals surface area contributed by atoms with Gasteiger partial charge in [-0.25, -0.2) is 0 Å². The van der Waals surface area contributed by atoms with E-state index in [-0.39, 0.29) is 0 Å². The van der Waals surface area contributed by atoms with Gasteiger partial charge in [-0.15, -0.1) is 0 Å². The number of ether oxygens (including phenoxy) is 2. The summed E-state index contributed by atoms with van der Waals surface area (Å²) in [6.07, 6.45) is 4.76. The van der Waals surface area contributed by atoms with E-state index in [1.165, 1.54) is 0 Å². The van der Waals surface area contributed by atoms with E-state index in [9.17, 15) is 0 Å². The molecule has 0 saturated carbocycles. The maximum Gasteiger partial charge on any atom is 0.127 e. The highest BCUT2D eigenvalue weighted by molar-refractivity contribution is 5.40. The van der Waals surface area contributed by atoms with Crippen LogP contribution in [0.25, 0.3) is 0 Å². The first-order chi connectivity index (χ1) is 10.2. The van der Waals surface area contributed by atoms with Crippen LogP contribution in [0.15, 0.2) is 30.6 Å². The first-order valence-electron chi connectivity index (χ1n) is 7.23. The van der Waals surface area contributed by atoms with Gasteiger partial charge >= 0.3 is 0 Å². The molecular weight excluding hydrogens is 266 g/mol. The Morgan fingerprint density at radius 3 is 2.81 bits per heavy atom. The maximum absolute atomic E-state index is 5.94. The average molecular weight is 289 g/mol. The van der Waals surface area contributed by atoms with Crippen molar-refractivity contribution in [2.24, 2.45) is 7.05 Å². The van der Waals surface area contributed by atoms with Gasteiger partial charge in [0.2, 0.25) is 0 Å². The molecule has 21 heavy (non-hydrogen) atoms. The summed E-state index contributed by atoms with van der Waals surface area (Å²) in [6.45, 7) is 4.07. The number of nitrogens with one attached hydrogen (secondary N) is 1. The van der Waals surface area contributed by atoms with Crippen molar-refractivity contribution in [2.75, 3.05) is 13.7 Å². The summed E-state index contributed by atoms with van der Waals surface area (Å²) >= 11 is 0. The number of hydrogen-bond acceptors (Lipinski definition) is 4. The van der Waals surface area contributed by atoms with Crippen molar-refractivity contribution in [3.8, 4) is 11.5 Å². The lowest BCUT2D eigenvalue weighted by atomic mass is 10.2. The van der Waals surface area contributed by atoms with Crippen molar-refractivity contribution in [2.45, 2.75) is 26.5 Å². The Morgan fingerprint density at radius 2 is 2.14 bits per heavy atom. The highest BCUT2D eigenvalue weighted by atomic mass is 16.5. The second kappa shape index (κ2) is 7.69. The van der Waals surface area contributed by atoms with Crippen molar-refractivity contribution in [1.29, 1.82) is 0 Å². The third kappa shape index (κ3) is 4.49. The summed E-state index contributed by atoms with van der Waals surface area (Å²) in [7, 11) is 3.82. The van der Waals surface area contributed by atoms with E-state index in [0.29, 0.717) is 13.2 Å². The van der Waals surface area contributed by atoms with Gasteiger partial charge in [-0.3, -0.25) is 4.68 Å². The van der Waals surface area contributed by atoms with Gasteiger partial charge in [0.1, 0.15) is 18.1 Å². The summed E-state index contributed by atoms with van der Waals surface area (Å²) < 4.78 is 13.4. The standard InChI is InChI=1S/C16H23N3O2/c1-4-7-20-15-6-5-14(10-17-2)16(8-15)21-12-13-9-18-19(3)11-13/h5-6,8-9,11,17H,4,7,10,12H2,1-3H3. The third-order valence-electron chi connectivity index (χ3n) is 3.03. The Morgan fingerprint density at radius 1 is 1.29 bits per heavy atom. The second-order valence-electron chi connectivity index (χ2n) is 4.96. The quantitative estimate of drug-likeness (QED) is 0.811. The molecule has 1 aromatic heterocycles. The second-order valence-corrected chi connectivity index (χ2v) is 4.96. The number of nitrogens with zero attached hydrogens (tertiary/aromatic N) is 2. The van der Waals surface area contributed by atoms with Gasteiger partial charge in [0, 0.05) is 37.0 Å². The first kappa shape index (κ1) is 15.4. The van der Waals surface area contributed by atoms with E-state index in [2.05, 4.69) is 17.3 Å². The van der Waals surface area contributed by atoms with Crippen LogP contribution in [0.5, 0.6) is 11.5 Å². The number of aromatic nitrogens is 2. The fourth-order valence-electron chi connectivity index (χ4n) is 2.02. The van der Waals surface area contributed by atoms with Crippen LogP contribution < -0.4 is 14.8 Å². The topological polar surface area (TPSA) is 48.3 Å². The van der Waals surface area contributed by atoms with E-state index in [4.69, 9.17) is 9.47 Å². The third-order valence-corrected chi connectivity index (χ3v) is 3.03. The molecule has 0 radical (unpaired) electrons. The van der Waals surface area contributed by atoms with Gasteiger partial charge < -0.3 is 14.8 Å². The zero-order chi connectivity index (χ0) is 15.1. The minimum Gasteiger partial charge on any atom is -0.493 e. The molecule has 1 aromatic carbocycles. The molecule has 0 bridgehead atoms. The van der Waals surface area contributed by atoms with Crippen LogP contribution >= 0.6 is 0 Å². The Kier molecular flexibility index (Phi) is 5.63. The molecule has 0 spiro atoms. The molecule has 0 aliphatic rings. The van der Waals surface area contributed by atoms with Crippen LogP contribution in [-0.2, 0) is 20.2 Å². The Hall–Kier alpha value is -2.01. The molecule has 0 fully saturated rings. The monoisotopic (exact) mass is 289 g/mol. The van der Waals surface area contributed by atoms with Gasteiger partial charge in [0.05, 0.1) is 12.8 Å².